The van der Waals surface area contributed by atoms with Gasteiger partial charge in [0.1, 0.15) is 5.82 Å². The molecule has 1 atom stereocenters. The lowest BCUT2D eigenvalue weighted by Crippen LogP contribution is -2.00. The molecular formula is C17H16N2. The van der Waals surface area contributed by atoms with Gasteiger partial charge >= 0.3 is 0 Å². The first-order chi connectivity index (χ1) is 9.36. The van der Waals surface area contributed by atoms with Gasteiger partial charge in [-0.2, -0.15) is 0 Å². The number of nitrogens with zero attached hydrogens (tertiary/aromatic N) is 1. The lowest BCUT2D eigenvalue weighted by Gasteiger charge is -2.15. The molecule has 1 heterocycles. The van der Waals surface area contributed by atoms with E-state index in [0.29, 0.717) is 0 Å². The SMILES string of the molecule is CC(c1ncc[nH]1)c1ccccc1-c1ccccc1. The van der Waals surface area contributed by atoms with Crippen molar-refractivity contribution >= 4 is 0 Å². The maximum Gasteiger partial charge on any atom is 0.113 e. The van der Waals surface area contributed by atoms with Gasteiger partial charge in [-0.15, -0.1) is 0 Å². The molecule has 0 aliphatic rings. The molecule has 0 radical (unpaired) electrons. The first-order valence-corrected chi connectivity index (χ1v) is 6.50. The van der Waals surface area contributed by atoms with Gasteiger partial charge in [0.2, 0.25) is 0 Å². The number of hydrogen-bond acceptors (Lipinski definition) is 1. The minimum atomic E-state index is 0.256. The summed E-state index contributed by atoms with van der Waals surface area (Å²) in [5.74, 6) is 1.26. The molecule has 2 nitrogen and oxygen atoms in total. The molecule has 3 aromatic rings. The summed E-state index contributed by atoms with van der Waals surface area (Å²) in [5, 5.41) is 0. The molecule has 0 saturated carbocycles. The average Bonchev–Trinajstić information content (AvgIpc) is 3.02. The van der Waals surface area contributed by atoms with Crippen LogP contribution in [0.5, 0.6) is 0 Å². The number of aromatic nitrogens is 2. The Morgan fingerprint density at radius 1 is 0.947 bits per heavy atom. The maximum absolute atomic E-state index is 4.37. The molecule has 0 aliphatic carbocycles. The van der Waals surface area contributed by atoms with Crippen molar-refractivity contribution in [2.45, 2.75) is 12.8 Å². The molecule has 0 saturated heterocycles. The van der Waals surface area contributed by atoms with E-state index in [0.717, 1.165) is 5.82 Å². The summed E-state index contributed by atoms with van der Waals surface area (Å²) in [6, 6.07) is 19.0. The Kier molecular flexibility index (Phi) is 3.15. The molecule has 3 rings (SSSR count). The van der Waals surface area contributed by atoms with Gasteiger partial charge in [-0.25, -0.2) is 4.98 Å². The third-order valence-electron chi connectivity index (χ3n) is 3.44. The second kappa shape index (κ2) is 5.11. The molecule has 0 fully saturated rings. The van der Waals surface area contributed by atoms with Gasteiger partial charge in [0.15, 0.2) is 0 Å². The number of nitrogens with one attached hydrogen (secondary N) is 1. The van der Waals surface area contributed by atoms with E-state index in [9.17, 15) is 0 Å². The van der Waals surface area contributed by atoms with Crippen LogP contribution in [0.25, 0.3) is 11.1 Å². The smallest absolute Gasteiger partial charge is 0.113 e. The van der Waals surface area contributed by atoms with Crippen LogP contribution < -0.4 is 0 Å². The van der Waals surface area contributed by atoms with E-state index in [-0.39, 0.29) is 5.92 Å². The van der Waals surface area contributed by atoms with E-state index in [1.54, 1.807) is 6.20 Å². The Bertz CT molecular complexity index is 642. The summed E-state index contributed by atoms with van der Waals surface area (Å²) in [4.78, 5) is 7.57. The van der Waals surface area contributed by atoms with Gasteiger partial charge < -0.3 is 4.98 Å². The Morgan fingerprint density at radius 2 is 1.68 bits per heavy atom. The summed E-state index contributed by atoms with van der Waals surface area (Å²) < 4.78 is 0. The molecule has 1 aromatic heterocycles. The highest BCUT2D eigenvalue weighted by atomic mass is 14.9. The summed E-state index contributed by atoms with van der Waals surface area (Å²) in [6.07, 6.45) is 3.67. The second-order valence-corrected chi connectivity index (χ2v) is 4.65. The number of rotatable bonds is 3. The zero-order valence-electron chi connectivity index (χ0n) is 10.9. The zero-order chi connectivity index (χ0) is 13.1. The van der Waals surface area contributed by atoms with Crippen LogP contribution in [0, 0.1) is 0 Å². The molecule has 1 N–H and O–H groups in total. The van der Waals surface area contributed by atoms with Crippen LogP contribution in [0.15, 0.2) is 67.0 Å². The van der Waals surface area contributed by atoms with Crippen molar-refractivity contribution in [2.75, 3.05) is 0 Å². The van der Waals surface area contributed by atoms with Gasteiger partial charge in [-0.05, 0) is 16.7 Å². The Morgan fingerprint density at radius 3 is 2.42 bits per heavy atom. The van der Waals surface area contributed by atoms with E-state index in [2.05, 4.69) is 65.4 Å². The van der Waals surface area contributed by atoms with Crippen LogP contribution in [-0.4, -0.2) is 9.97 Å². The van der Waals surface area contributed by atoms with E-state index in [4.69, 9.17) is 0 Å². The summed E-state index contributed by atoms with van der Waals surface area (Å²) in [5.41, 5.74) is 3.81. The number of H-pyrrole nitrogens is 1. The molecule has 0 bridgehead atoms. The lowest BCUT2D eigenvalue weighted by molar-refractivity contribution is 0.842. The maximum atomic E-state index is 4.37. The molecule has 0 aliphatic heterocycles. The first kappa shape index (κ1) is 11.7. The zero-order valence-corrected chi connectivity index (χ0v) is 10.9. The van der Waals surface area contributed by atoms with Crippen molar-refractivity contribution in [2.24, 2.45) is 0 Å². The highest BCUT2D eigenvalue weighted by Crippen LogP contribution is 2.31. The Hall–Kier alpha value is -2.35. The minimum Gasteiger partial charge on any atom is -0.348 e. The van der Waals surface area contributed by atoms with Crippen LogP contribution in [0.4, 0.5) is 0 Å². The fourth-order valence-corrected chi connectivity index (χ4v) is 2.42. The quantitative estimate of drug-likeness (QED) is 0.738. The third kappa shape index (κ3) is 2.29. The molecule has 94 valence electrons. The minimum absolute atomic E-state index is 0.256. The molecule has 19 heavy (non-hydrogen) atoms. The fraction of sp³-hybridized carbons (Fsp3) is 0.118. The monoisotopic (exact) mass is 248 g/mol. The largest absolute Gasteiger partial charge is 0.348 e. The molecule has 2 aromatic carbocycles. The molecule has 1 unspecified atom stereocenters. The molecular weight excluding hydrogens is 232 g/mol. The Balaban J connectivity index is 2.08. The molecule has 0 spiro atoms. The van der Waals surface area contributed by atoms with Crippen LogP contribution >= 0.6 is 0 Å². The molecule has 0 amide bonds. The van der Waals surface area contributed by atoms with Crippen molar-refractivity contribution in [3.63, 3.8) is 0 Å². The normalized spacial score (nSPS) is 12.3. The Labute approximate surface area is 113 Å². The van der Waals surface area contributed by atoms with Crippen LogP contribution in [0.3, 0.4) is 0 Å². The highest BCUT2D eigenvalue weighted by molar-refractivity contribution is 5.68. The number of imidazole rings is 1. The van der Waals surface area contributed by atoms with Crippen LogP contribution in [0.1, 0.15) is 24.2 Å². The van der Waals surface area contributed by atoms with Crippen molar-refractivity contribution in [3.05, 3.63) is 78.4 Å². The van der Waals surface area contributed by atoms with E-state index in [1.807, 2.05) is 12.3 Å². The first-order valence-electron chi connectivity index (χ1n) is 6.50. The van der Waals surface area contributed by atoms with Crippen LogP contribution in [0.2, 0.25) is 0 Å². The van der Waals surface area contributed by atoms with Gasteiger partial charge in [0.05, 0.1) is 0 Å². The number of hydrogen-bond donors (Lipinski definition) is 1. The van der Waals surface area contributed by atoms with Crippen LogP contribution in [-0.2, 0) is 0 Å². The van der Waals surface area contributed by atoms with Crippen molar-refractivity contribution in [1.82, 2.24) is 9.97 Å². The van der Waals surface area contributed by atoms with Crippen molar-refractivity contribution < 1.29 is 0 Å². The topological polar surface area (TPSA) is 28.7 Å². The van der Waals surface area contributed by atoms with E-state index in [1.165, 1.54) is 16.7 Å². The highest BCUT2D eigenvalue weighted by Gasteiger charge is 2.14. The fourth-order valence-electron chi connectivity index (χ4n) is 2.42. The summed E-state index contributed by atoms with van der Waals surface area (Å²) >= 11 is 0. The predicted octanol–water partition coefficient (Wildman–Crippen LogP) is 4.23. The predicted molar refractivity (Wildman–Crippen MR) is 78.0 cm³/mol. The van der Waals surface area contributed by atoms with E-state index < -0.39 is 0 Å². The summed E-state index contributed by atoms with van der Waals surface area (Å²) in [6.45, 7) is 2.18. The van der Waals surface area contributed by atoms with Gasteiger partial charge in [0, 0.05) is 18.3 Å². The second-order valence-electron chi connectivity index (χ2n) is 4.65. The average molecular weight is 248 g/mol. The molecule has 2 heteroatoms. The number of aromatic amines is 1. The van der Waals surface area contributed by atoms with Crippen molar-refractivity contribution in [3.8, 4) is 11.1 Å². The third-order valence-corrected chi connectivity index (χ3v) is 3.44. The standard InChI is InChI=1S/C17H16N2/c1-13(17-18-11-12-19-17)15-9-5-6-10-16(15)14-7-3-2-4-8-14/h2-13H,1H3,(H,18,19). The summed E-state index contributed by atoms with van der Waals surface area (Å²) in [7, 11) is 0. The lowest BCUT2D eigenvalue weighted by atomic mass is 9.91. The number of benzene rings is 2. The van der Waals surface area contributed by atoms with Gasteiger partial charge in [-0.1, -0.05) is 61.5 Å². The van der Waals surface area contributed by atoms with Crippen molar-refractivity contribution in [1.29, 1.82) is 0 Å². The van der Waals surface area contributed by atoms with Gasteiger partial charge in [0.25, 0.3) is 0 Å². The van der Waals surface area contributed by atoms with E-state index >= 15 is 0 Å². The van der Waals surface area contributed by atoms with Gasteiger partial charge in [-0.3, -0.25) is 0 Å².